The summed E-state index contributed by atoms with van der Waals surface area (Å²) in [7, 11) is 3.38. The average molecular weight is 325 g/mol. The fourth-order valence-electron chi connectivity index (χ4n) is 2.94. The Hall–Kier alpha value is -1.94. The van der Waals surface area contributed by atoms with Crippen LogP contribution in [0, 0.1) is 0 Å². The maximum absolute atomic E-state index is 5.56. The fraction of sp³-hybridized carbons (Fsp3) is 0.333. The van der Waals surface area contributed by atoms with Crippen LogP contribution < -0.4 is 0 Å². The van der Waals surface area contributed by atoms with Gasteiger partial charge in [0.25, 0.3) is 0 Å². The summed E-state index contributed by atoms with van der Waals surface area (Å²) in [6.45, 7) is 5.57. The van der Waals surface area contributed by atoms with E-state index in [0.717, 1.165) is 19.5 Å². The summed E-state index contributed by atoms with van der Waals surface area (Å²) < 4.78 is 11.1. The van der Waals surface area contributed by atoms with Crippen molar-refractivity contribution in [1.82, 2.24) is 4.90 Å². The molecular weight excluding hydrogens is 298 g/mol. The number of rotatable bonds is 10. The lowest BCUT2D eigenvalue weighted by Crippen LogP contribution is -2.44. The molecule has 0 bridgehead atoms. The summed E-state index contributed by atoms with van der Waals surface area (Å²) >= 11 is 0. The highest BCUT2D eigenvalue weighted by Gasteiger charge is 2.27. The summed E-state index contributed by atoms with van der Waals surface area (Å²) in [6.07, 6.45) is 2.43. The molecule has 0 N–H and O–H groups in total. The van der Waals surface area contributed by atoms with E-state index >= 15 is 0 Å². The lowest BCUT2D eigenvalue weighted by Gasteiger charge is -2.35. The van der Waals surface area contributed by atoms with E-state index in [2.05, 4.69) is 60.0 Å². The molecule has 1 atom stereocenters. The van der Waals surface area contributed by atoms with Gasteiger partial charge in [-0.25, -0.2) is 0 Å². The SMILES string of the molecule is C=CCC(C(OC)OC)N(Cc1ccccc1)Cc1ccccc1. The molecule has 24 heavy (non-hydrogen) atoms. The lowest BCUT2D eigenvalue weighted by atomic mass is 10.1. The second-order valence-corrected chi connectivity index (χ2v) is 5.81. The smallest absolute Gasteiger partial charge is 0.172 e. The van der Waals surface area contributed by atoms with Crippen LogP contribution in [-0.2, 0) is 22.6 Å². The molecule has 0 radical (unpaired) electrons. The van der Waals surface area contributed by atoms with E-state index in [1.54, 1.807) is 14.2 Å². The van der Waals surface area contributed by atoms with Gasteiger partial charge in [-0.15, -0.1) is 6.58 Å². The van der Waals surface area contributed by atoms with E-state index in [1.165, 1.54) is 11.1 Å². The molecule has 2 aromatic rings. The Balaban J connectivity index is 2.26. The fourth-order valence-corrected chi connectivity index (χ4v) is 2.94. The molecule has 0 aliphatic carbocycles. The quantitative estimate of drug-likeness (QED) is 0.481. The molecule has 3 heteroatoms. The number of benzene rings is 2. The molecule has 0 saturated heterocycles. The van der Waals surface area contributed by atoms with Crippen LogP contribution in [0.5, 0.6) is 0 Å². The van der Waals surface area contributed by atoms with E-state index < -0.39 is 0 Å². The molecule has 0 fully saturated rings. The zero-order valence-corrected chi connectivity index (χ0v) is 14.6. The van der Waals surface area contributed by atoms with Gasteiger partial charge in [0.2, 0.25) is 0 Å². The minimum atomic E-state index is -0.296. The minimum Gasteiger partial charge on any atom is -0.354 e. The van der Waals surface area contributed by atoms with Gasteiger partial charge < -0.3 is 9.47 Å². The van der Waals surface area contributed by atoms with Gasteiger partial charge in [-0.3, -0.25) is 4.90 Å². The first kappa shape index (κ1) is 18.4. The normalized spacial score (nSPS) is 12.5. The van der Waals surface area contributed by atoms with Gasteiger partial charge in [-0.2, -0.15) is 0 Å². The van der Waals surface area contributed by atoms with Crippen LogP contribution >= 0.6 is 0 Å². The number of hydrogen-bond donors (Lipinski definition) is 0. The molecule has 3 nitrogen and oxygen atoms in total. The van der Waals surface area contributed by atoms with Gasteiger partial charge in [0.15, 0.2) is 6.29 Å². The molecule has 128 valence electrons. The van der Waals surface area contributed by atoms with E-state index in [1.807, 2.05) is 18.2 Å². The Morgan fingerprint density at radius 1 is 0.875 bits per heavy atom. The summed E-state index contributed by atoms with van der Waals surface area (Å²) in [5, 5.41) is 0. The molecule has 0 saturated carbocycles. The zero-order valence-electron chi connectivity index (χ0n) is 14.6. The van der Waals surface area contributed by atoms with Gasteiger partial charge in [0, 0.05) is 27.3 Å². The Labute approximate surface area is 145 Å². The molecule has 2 aromatic carbocycles. The van der Waals surface area contributed by atoms with Crippen molar-refractivity contribution in [3.05, 3.63) is 84.4 Å². The zero-order chi connectivity index (χ0) is 17.2. The first-order valence-electron chi connectivity index (χ1n) is 8.27. The van der Waals surface area contributed by atoms with Crippen molar-refractivity contribution in [2.45, 2.75) is 31.8 Å². The van der Waals surface area contributed by atoms with Crippen molar-refractivity contribution in [2.24, 2.45) is 0 Å². The van der Waals surface area contributed by atoms with Crippen LogP contribution in [0.3, 0.4) is 0 Å². The lowest BCUT2D eigenvalue weighted by molar-refractivity contribution is -0.149. The molecule has 0 amide bonds. The van der Waals surface area contributed by atoms with Crippen molar-refractivity contribution < 1.29 is 9.47 Å². The van der Waals surface area contributed by atoms with Gasteiger partial charge in [-0.1, -0.05) is 66.7 Å². The van der Waals surface area contributed by atoms with Crippen LogP contribution in [0.25, 0.3) is 0 Å². The number of hydrogen-bond acceptors (Lipinski definition) is 3. The van der Waals surface area contributed by atoms with E-state index in [4.69, 9.17) is 9.47 Å². The molecule has 0 aliphatic rings. The maximum atomic E-state index is 5.56. The Morgan fingerprint density at radius 2 is 1.33 bits per heavy atom. The Kier molecular flexibility index (Phi) is 7.69. The van der Waals surface area contributed by atoms with Gasteiger partial charge in [-0.05, 0) is 17.5 Å². The van der Waals surface area contributed by atoms with Gasteiger partial charge >= 0.3 is 0 Å². The minimum absolute atomic E-state index is 0.0953. The molecule has 0 heterocycles. The van der Waals surface area contributed by atoms with Crippen LogP contribution in [0.2, 0.25) is 0 Å². The molecule has 0 spiro atoms. The van der Waals surface area contributed by atoms with Crippen molar-refractivity contribution in [3.8, 4) is 0 Å². The first-order chi connectivity index (χ1) is 11.8. The predicted molar refractivity (Wildman–Crippen MR) is 98.5 cm³/mol. The van der Waals surface area contributed by atoms with Crippen molar-refractivity contribution >= 4 is 0 Å². The van der Waals surface area contributed by atoms with Crippen LogP contribution in [-0.4, -0.2) is 31.5 Å². The molecule has 0 aromatic heterocycles. The molecule has 0 aliphatic heterocycles. The topological polar surface area (TPSA) is 21.7 Å². The number of ether oxygens (including phenoxy) is 2. The molecule has 1 unspecified atom stereocenters. The third kappa shape index (κ3) is 5.31. The highest BCUT2D eigenvalue weighted by Crippen LogP contribution is 2.20. The van der Waals surface area contributed by atoms with E-state index in [9.17, 15) is 0 Å². The average Bonchev–Trinajstić information content (AvgIpc) is 2.63. The van der Waals surface area contributed by atoms with E-state index in [0.29, 0.717) is 0 Å². The third-order valence-corrected chi connectivity index (χ3v) is 4.11. The van der Waals surface area contributed by atoms with Crippen molar-refractivity contribution in [3.63, 3.8) is 0 Å². The third-order valence-electron chi connectivity index (χ3n) is 4.11. The van der Waals surface area contributed by atoms with Gasteiger partial charge in [0.05, 0.1) is 6.04 Å². The van der Waals surface area contributed by atoms with Crippen LogP contribution in [0.15, 0.2) is 73.3 Å². The number of methoxy groups -OCH3 is 2. The first-order valence-corrected chi connectivity index (χ1v) is 8.27. The standard InChI is InChI=1S/C21H27NO2/c1-4-11-20(21(23-2)24-3)22(16-18-12-7-5-8-13-18)17-19-14-9-6-10-15-19/h4-10,12-15,20-21H,1,11,16-17H2,2-3H3. The highest BCUT2D eigenvalue weighted by atomic mass is 16.7. The summed E-state index contributed by atoms with van der Waals surface area (Å²) in [6, 6.07) is 21.1. The maximum Gasteiger partial charge on any atom is 0.172 e. The molecule has 2 rings (SSSR count). The molecular formula is C21H27NO2. The second kappa shape index (κ2) is 10.0. The second-order valence-electron chi connectivity index (χ2n) is 5.81. The summed E-state index contributed by atoms with van der Waals surface area (Å²) in [5.41, 5.74) is 2.54. The van der Waals surface area contributed by atoms with Crippen LogP contribution in [0.4, 0.5) is 0 Å². The Morgan fingerprint density at radius 3 is 1.71 bits per heavy atom. The predicted octanol–water partition coefficient (Wildman–Crippen LogP) is 4.25. The van der Waals surface area contributed by atoms with Gasteiger partial charge in [0.1, 0.15) is 0 Å². The number of nitrogens with zero attached hydrogens (tertiary/aromatic N) is 1. The Bertz CT molecular complexity index is 540. The summed E-state index contributed by atoms with van der Waals surface area (Å²) in [5.74, 6) is 0. The largest absolute Gasteiger partial charge is 0.354 e. The van der Waals surface area contributed by atoms with Crippen LogP contribution in [0.1, 0.15) is 17.5 Å². The van der Waals surface area contributed by atoms with E-state index in [-0.39, 0.29) is 12.3 Å². The highest BCUT2D eigenvalue weighted by molar-refractivity contribution is 5.17. The monoisotopic (exact) mass is 325 g/mol. The van der Waals surface area contributed by atoms with Crippen molar-refractivity contribution in [1.29, 1.82) is 0 Å². The van der Waals surface area contributed by atoms with Crippen molar-refractivity contribution in [2.75, 3.05) is 14.2 Å². The summed E-state index contributed by atoms with van der Waals surface area (Å²) in [4.78, 5) is 2.39.